The Kier molecular flexibility index (Phi) is 5.98. The van der Waals surface area contributed by atoms with Crippen LogP contribution in [0.3, 0.4) is 0 Å². The van der Waals surface area contributed by atoms with Crippen molar-refractivity contribution < 1.29 is 14.3 Å². The predicted octanol–water partition coefficient (Wildman–Crippen LogP) is 0.864. The van der Waals surface area contributed by atoms with Crippen LogP contribution in [0.25, 0.3) is 0 Å². The number of methoxy groups -OCH3 is 1. The molecule has 0 bridgehead atoms. The molecule has 1 aromatic rings. The van der Waals surface area contributed by atoms with Gasteiger partial charge in [-0.05, 0) is 25.5 Å². The Morgan fingerprint density at radius 1 is 1.35 bits per heavy atom. The van der Waals surface area contributed by atoms with Crippen LogP contribution in [0.15, 0.2) is 24.3 Å². The number of likely N-dealkylation sites (tertiary alicyclic amines) is 1. The molecule has 6 nitrogen and oxygen atoms in total. The van der Waals surface area contributed by atoms with Crippen molar-refractivity contribution in [1.82, 2.24) is 15.1 Å². The van der Waals surface area contributed by atoms with E-state index in [2.05, 4.69) is 5.32 Å². The van der Waals surface area contributed by atoms with E-state index in [0.717, 1.165) is 30.7 Å². The Morgan fingerprint density at radius 2 is 2.09 bits per heavy atom. The zero-order valence-corrected chi connectivity index (χ0v) is 14.0. The average Bonchev–Trinajstić information content (AvgIpc) is 3.00. The molecule has 0 aromatic heterocycles. The molecular weight excluding hydrogens is 294 g/mol. The van der Waals surface area contributed by atoms with Crippen LogP contribution in [0, 0.1) is 0 Å². The number of benzene rings is 1. The molecule has 2 amide bonds. The molecule has 1 heterocycles. The molecular formula is C17H25N3O3. The van der Waals surface area contributed by atoms with Crippen LogP contribution in [0.2, 0.25) is 0 Å². The number of likely N-dealkylation sites (N-methyl/N-ethyl adjacent to an activating group) is 1. The first kappa shape index (κ1) is 17.3. The topological polar surface area (TPSA) is 61.9 Å². The molecule has 23 heavy (non-hydrogen) atoms. The lowest BCUT2D eigenvalue weighted by Crippen LogP contribution is -2.46. The number of nitrogens with zero attached hydrogens (tertiary/aromatic N) is 2. The molecule has 0 radical (unpaired) electrons. The van der Waals surface area contributed by atoms with Crippen molar-refractivity contribution >= 4 is 11.8 Å². The summed E-state index contributed by atoms with van der Waals surface area (Å²) in [4.78, 5) is 27.9. The smallest absolute Gasteiger partial charge is 0.239 e. The highest BCUT2D eigenvalue weighted by Crippen LogP contribution is 2.19. The van der Waals surface area contributed by atoms with Crippen molar-refractivity contribution in [2.24, 2.45) is 0 Å². The fourth-order valence-electron chi connectivity index (χ4n) is 2.88. The number of carbonyl (C=O) groups excluding carboxylic acids is 2. The summed E-state index contributed by atoms with van der Waals surface area (Å²) >= 11 is 0. The first-order valence-corrected chi connectivity index (χ1v) is 7.86. The number of rotatable bonds is 6. The van der Waals surface area contributed by atoms with E-state index in [4.69, 9.17) is 4.74 Å². The number of amides is 2. The minimum atomic E-state index is -0.179. The van der Waals surface area contributed by atoms with Crippen LogP contribution < -0.4 is 10.1 Å². The third kappa shape index (κ3) is 4.45. The van der Waals surface area contributed by atoms with Gasteiger partial charge in [0, 0.05) is 26.2 Å². The van der Waals surface area contributed by atoms with Crippen molar-refractivity contribution in [2.45, 2.75) is 25.4 Å². The van der Waals surface area contributed by atoms with Crippen LogP contribution >= 0.6 is 0 Å². The standard InChI is InChI=1S/C17H25N3O3/c1-19(2)17(22)14-8-6-10-20(14)12-16(21)18-11-13-7-4-5-9-15(13)23-3/h4-5,7,9,14H,6,8,10-12H2,1-3H3,(H,18,21). The summed E-state index contributed by atoms with van der Waals surface area (Å²) in [6, 6.07) is 7.42. The van der Waals surface area contributed by atoms with Crippen molar-refractivity contribution in [2.75, 3.05) is 34.3 Å². The number of para-hydroxylation sites is 1. The molecule has 0 spiro atoms. The first-order chi connectivity index (χ1) is 11.0. The second-order valence-electron chi connectivity index (χ2n) is 5.95. The zero-order chi connectivity index (χ0) is 16.8. The van der Waals surface area contributed by atoms with Gasteiger partial charge in [0.15, 0.2) is 0 Å². The van der Waals surface area contributed by atoms with Gasteiger partial charge in [0.1, 0.15) is 5.75 Å². The third-order valence-corrected chi connectivity index (χ3v) is 4.10. The van der Waals surface area contributed by atoms with Crippen molar-refractivity contribution in [1.29, 1.82) is 0 Å². The fourth-order valence-corrected chi connectivity index (χ4v) is 2.88. The molecule has 1 fully saturated rings. The van der Waals surface area contributed by atoms with Gasteiger partial charge in [-0.25, -0.2) is 0 Å². The van der Waals surface area contributed by atoms with Crippen molar-refractivity contribution in [3.05, 3.63) is 29.8 Å². The van der Waals surface area contributed by atoms with Gasteiger partial charge in [-0.1, -0.05) is 18.2 Å². The van der Waals surface area contributed by atoms with Crippen LogP contribution in [-0.4, -0.2) is 62.0 Å². The Hall–Kier alpha value is -2.08. The highest BCUT2D eigenvalue weighted by molar-refractivity contribution is 5.83. The molecule has 126 valence electrons. The van der Waals surface area contributed by atoms with E-state index in [0.29, 0.717) is 6.54 Å². The summed E-state index contributed by atoms with van der Waals surface area (Å²) < 4.78 is 5.27. The summed E-state index contributed by atoms with van der Waals surface area (Å²) in [7, 11) is 5.11. The number of hydrogen-bond acceptors (Lipinski definition) is 4. The van der Waals surface area contributed by atoms with E-state index >= 15 is 0 Å². The van der Waals surface area contributed by atoms with Gasteiger partial charge in [0.2, 0.25) is 11.8 Å². The number of ether oxygens (including phenoxy) is 1. The molecule has 6 heteroatoms. The quantitative estimate of drug-likeness (QED) is 0.845. The van der Waals surface area contributed by atoms with Crippen molar-refractivity contribution in [3.8, 4) is 5.75 Å². The molecule has 1 saturated heterocycles. The van der Waals surface area contributed by atoms with Crippen LogP contribution in [0.1, 0.15) is 18.4 Å². The van der Waals surface area contributed by atoms with E-state index in [-0.39, 0.29) is 24.4 Å². The lowest BCUT2D eigenvalue weighted by Gasteiger charge is -2.25. The van der Waals surface area contributed by atoms with E-state index in [9.17, 15) is 9.59 Å². The summed E-state index contributed by atoms with van der Waals surface area (Å²) in [6.45, 7) is 1.45. The molecule has 1 unspecified atom stereocenters. The molecule has 2 rings (SSSR count). The van der Waals surface area contributed by atoms with Crippen LogP contribution in [0.4, 0.5) is 0 Å². The largest absolute Gasteiger partial charge is 0.496 e. The molecule has 0 aliphatic carbocycles. The normalized spacial score (nSPS) is 17.8. The van der Waals surface area contributed by atoms with Crippen molar-refractivity contribution in [3.63, 3.8) is 0 Å². The summed E-state index contributed by atoms with van der Waals surface area (Å²) in [5.74, 6) is 0.754. The second kappa shape index (κ2) is 7.97. The van der Waals surface area contributed by atoms with Gasteiger partial charge in [-0.2, -0.15) is 0 Å². The molecule has 1 N–H and O–H groups in total. The Balaban J connectivity index is 1.88. The van der Waals surface area contributed by atoms with Crippen LogP contribution in [0.5, 0.6) is 5.75 Å². The van der Waals surface area contributed by atoms with E-state index in [1.54, 1.807) is 26.1 Å². The minimum absolute atomic E-state index is 0.0695. The average molecular weight is 319 g/mol. The number of hydrogen-bond donors (Lipinski definition) is 1. The molecule has 1 aliphatic heterocycles. The first-order valence-electron chi connectivity index (χ1n) is 7.86. The summed E-state index contributed by atoms with van der Waals surface area (Å²) in [5, 5.41) is 2.90. The highest BCUT2D eigenvalue weighted by atomic mass is 16.5. The number of nitrogens with one attached hydrogen (secondary N) is 1. The number of carbonyl (C=O) groups is 2. The third-order valence-electron chi connectivity index (χ3n) is 4.10. The summed E-state index contributed by atoms with van der Waals surface area (Å²) in [6.07, 6.45) is 1.76. The second-order valence-corrected chi connectivity index (χ2v) is 5.95. The Labute approximate surface area is 137 Å². The van der Waals surface area contributed by atoms with Gasteiger partial charge in [0.25, 0.3) is 0 Å². The van der Waals surface area contributed by atoms with Gasteiger partial charge < -0.3 is 15.0 Å². The van der Waals surface area contributed by atoms with Gasteiger partial charge in [0.05, 0.1) is 19.7 Å². The zero-order valence-electron chi connectivity index (χ0n) is 14.0. The van der Waals surface area contributed by atoms with E-state index in [1.165, 1.54) is 0 Å². The lowest BCUT2D eigenvalue weighted by molar-refractivity contribution is -0.134. The maximum absolute atomic E-state index is 12.2. The van der Waals surface area contributed by atoms with Gasteiger partial charge in [-0.15, -0.1) is 0 Å². The van der Waals surface area contributed by atoms with Crippen LogP contribution in [-0.2, 0) is 16.1 Å². The Bertz CT molecular complexity index is 560. The van der Waals surface area contributed by atoms with Gasteiger partial charge >= 0.3 is 0 Å². The SMILES string of the molecule is COc1ccccc1CNC(=O)CN1CCCC1C(=O)N(C)C. The predicted molar refractivity (Wildman–Crippen MR) is 88.1 cm³/mol. The highest BCUT2D eigenvalue weighted by Gasteiger charge is 2.32. The van der Waals surface area contributed by atoms with E-state index < -0.39 is 0 Å². The summed E-state index contributed by atoms with van der Waals surface area (Å²) in [5.41, 5.74) is 0.936. The Morgan fingerprint density at radius 3 is 2.78 bits per heavy atom. The maximum Gasteiger partial charge on any atom is 0.239 e. The molecule has 1 atom stereocenters. The monoisotopic (exact) mass is 319 g/mol. The van der Waals surface area contributed by atoms with E-state index in [1.807, 2.05) is 29.2 Å². The molecule has 0 saturated carbocycles. The fraction of sp³-hybridized carbons (Fsp3) is 0.529. The lowest BCUT2D eigenvalue weighted by atomic mass is 10.2. The van der Waals surface area contributed by atoms with Gasteiger partial charge in [-0.3, -0.25) is 14.5 Å². The maximum atomic E-state index is 12.2. The molecule has 1 aromatic carbocycles. The minimum Gasteiger partial charge on any atom is -0.496 e. The molecule has 1 aliphatic rings.